The van der Waals surface area contributed by atoms with Crippen LogP contribution in [0, 0.1) is 12.8 Å². The van der Waals surface area contributed by atoms with Gasteiger partial charge in [0.05, 0.1) is 0 Å². The summed E-state index contributed by atoms with van der Waals surface area (Å²) < 4.78 is 32.1. The zero-order chi connectivity index (χ0) is 14.9. The molecule has 1 fully saturated rings. The van der Waals surface area contributed by atoms with E-state index in [-0.39, 0.29) is 22.5 Å². The summed E-state index contributed by atoms with van der Waals surface area (Å²) in [4.78, 5) is 10.7. The lowest BCUT2D eigenvalue weighted by Crippen LogP contribution is -2.37. The van der Waals surface area contributed by atoms with Gasteiger partial charge in [-0.1, -0.05) is 6.92 Å². The average molecular weight is 301 g/mol. The third kappa shape index (κ3) is 3.21. The number of carboxylic acids is 1. The first-order chi connectivity index (χ1) is 9.29. The summed E-state index contributed by atoms with van der Waals surface area (Å²) in [6.45, 7) is 3.61. The summed E-state index contributed by atoms with van der Waals surface area (Å²) in [7, 11) is -3.73. The molecule has 0 bridgehead atoms. The summed E-state index contributed by atoms with van der Waals surface area (Å²) in [5, 5.41) is 8.83. The Kier molecular flexibility index (Phi) is 4.19. The summed E-state index contributed by atoms with van der Waals surface area (Å²) in [6, 6.07) is 0.976. The molecule has 1 aliphatic carbocycles. The molecule has 0 amide bonds. The molecule has 1 saturated carbocycles. The number of aryl methyl sites for hydroxylation is 1. The van der Waals surface area contributed by atoms with Gasteiger partial charge in [0.15, 0.2) is 0 Å². The van der Waals surface area contributed by atoms with Crippen LogP contribution in [0.25, 0.3) is 0 Å². The zero-order valence-electron chi connectivity index (χ0n) is 11.5. The van der Waals surface area contributed by atoms with Crippen LogP contribution in [-0.4, -0.2) is 25.5 Å². The van der Waals surface area contributed by atoms with Gasteiger partial charge >= 0.3 is 5.97 Å². The minimum Gasteiger partial charge on any atom is -0.475 e. The lowest BCUT2D eigenvalue weighted by Gasteiger charge is -2.26. The molecule has 1 aromatic rings. The molecule has 112 valence electrons. The van der Waals surface area contributed by atoms with Crippen LogP contribution in [0.1, 0.15) is 48.9 Å². The highest BCUT2D eigenvalue weighted by Gasteiger charge is 2.28. The molecule has 1 heterocycles. The molecule has 20 heavy (non-hydrogen) atoms. The first-order valence-corrected chi connectivity index (χ1v) is 8.14. The fourth-order valence-corrected chi connectivity index (χ4v) is 3.98. The third-order valence-corrected chi connectivity index (χ3v) is 5.34. The van der Waals surface area contributed by atoms with Crippen LogP contribution in [0.2, 0.25) is 0 Å². The lowest BCUT2D eigenvalue weighted by molar-refractivity contribution is 0.0661. The molecular formula is C13H19NO5S. The van der Waals surface area contributed by atoms with Crippen molar-refractivity contribution in [1.29, 1.82) is 0 Å². The Morgan fingerprint density at radius 2 is 1.95 bits per heavy atom. The predicted octanol–water partition coefficient (Wildman–Crippen LogP) is 2.14. The van der Waals surface area contributed by atoms with Gasteiger partial charge in [0.25, 0.3) is 0 Å². The Morgan fingerprint density at radius 1 is 1.35 bits per heavy atom. The fourth-order valence-electron chi connectivity index (χ4n) is 2.50. The van der Waals surface area contributed by atoms with Crippen LogP contribution in [0.5, 0.6) is 0 Å². The quantitative estimate of drug-likeness (QED) is 0.888. The van der Waals surface area contributed by atoms with Crippen LogP contribution in [0.4, 0.5) is 0 Å². The summed E-state index contributed by atoms with van der Waals surface area (Å²) in [6.07, 6.45) is 3.61. The van der Waals surface area contributed by atoms with Crippen molar-refractivity contribution in [2.45, 2.75) is 50.5 Å². The van der Waals surface area contributed by atoms with Crippen LogP contribution >= 0.6 is 0 Å². The number of carbonyl (C=O) groups is 1. The number of rotatable bonds is 4. The SMILES string of the molecule is Cc1oc(C(=O)O)cc1S(=O)(=O)NC1CCC(C)CC1. The summed E-state index contributed by atoms with van der Waals surface area (Å²) in [5.74, 6) is -0.912. The molecule has 7 heteroatoms. The van der Waals surface area contributed by atoms with Gasteiger partial charge < -0.3 is 9.52 Å². The highest BCUT2D eigenvalue weighted by Crippen LogP contribution is 2.26. The molecule has 2 N–H and O–H groups in total. The molecule has 2 rings (SSSR count). The van der Waals surface area contributed by atoms with Gasteiger partial charge in [-0.15, -0.1) is 0 Å². The van der Waals surface area contributed by atoms with Gasteiger partial charge in [-0.3, -0.25) is 0 Å². The van der Waals surface area contributed by atoms with Crippen LogP contribution < -0.4 is 4.72 Å². The monoisotopic (exact) mass is 301 g/mol. The second-order valence-electron chi connectivity index (χ2n) is 5.41. The summed E-state index contributed by atoms with van der Waals surface area (Å²) in [5.41, 5.74) is 0. The van der Waals surface area contributed by atoms with E-state index in [0.717, 1.165) is 31.7 Å². The van der Waals surface area contributed by atoms with Crippen LogP contribution in [-0.2, 0) is 10.0 Å². The number of aromatic carboxylic acids is 1. The Balaban J connectivity index is 2.16. The van der Waals surface area contributed by atoms with E-state index >= 15 is 0 Å². The van der Waals surface area contributed by atoms with Crippen LogP contribution in [0.3, 0.4) is 0 Å². The van der Waals surface area contributed by atoms with E-state index in [4.69, 9.17) is 9.52 Å². The number of hydrogen-bond acceptors (Lipinski definition) is 4. The van der Waals surface area contributed by atoms with Gasteiger partial charge in [-0.2, -0.15) is 0 Å². The molecule has 0 radical (unpaired) electrons. The standard InChI is InChI=1S/C13H19NO5S/c1-8-3-5-10(6-4-8)14-20(17,18)12-7-11(13(15)16)19-9(12)2/h7-8,10,14H,3-6H2,1-2H3,(H,15,16). The van der Waals surface area contributed by atoms with Crippen molar-refractivity contribution in [1.82, 2.24) is 4.72 Å². The van der Waals surface area contributed by atoms with Crippen molar-refractivity contribution in [2.75, 3.05) is 0 Å². The Bertz CT molecular complexity index is 596. The molecule has 0 saturated heterocycles. The van der Waals surface area contributed by atoms with Gasteiger partial charge in [0.2, 0.25) is 15.8 Å². The van der Waals surface area contributed by atoms with Crippen molar-refractivity contribution in [3.8, 4) is 0 Å². The van der Waals surface area contributed by atoms with E-state index in [1.807, 2.05) is 0 Å². The maximum atomic E-state index is 12.3. The highest BCUT2D eigenvalue weighted by atomic mass is 32.2. The second-order valence-corrected chi connectivity index (χ2v) is 7.10. The van der Waals surface area contributed by atoms with Crippen molar-refractivity contribution >= 4 is 16.0 Å². The zero-order valence-corrected chi connectivity index (χ0v) is 12.4. The number of furan rings is 1. The number of nitrogens with one attached hydrogen (secondary N) is 1. The average Bonchev–Trinajstić information content (AvgIpc) is 2.75. The molecule has 6 nitrogen and oxygen atoms in total. The largest absolute Gasteiger partial charge is 0.475 e. The van der Waals surface area contributed by atoms with Crippen molar-refractivity contribution < 1.29 is 22.7 Å². The Labute approximate surface area is 118 Å². The smallest absolute Gasteiger partial charge is 0.371 e. The second kappa shape index (κ2) is 5.57. The van der Waals surface area contributed by atoms with Crippen molar-refractivity contribution in [3.05, 3.63) is 17.6 Å². The number of hydrogen-bond donors (Lipinski definition) is 2. The molecule has 0 aromatic carbocycles. The van der Waals surface area contributed by atoms with Gasteiger partial charge in [-0.05, 0) is 38.5 Å². The van der Waals surface area contributed by atoms with E-state index in [2.05, 4.69) is 11.6 Å². The first kappa shape index (κ1) is 15.1. The molecule has 1 aliphatic rings. The highest BCUT2D eigenvalue weighted by molar-refractivity contribution is 7.89. The van der Waals surface area contributed by atoms with E-state index in [1.165, 1.54) is 6.92 Å². The van der Waals surface area contributed by atoms with Crippen molar-refractivity contribution in [2.24, 2.45) is 5.92 Å². The maximum Gasteiger partial charge on any atom is 0.371 e. The summed E-state index contributed by atoms with van der Waals surface area (Å²) >= 11 is 0. The predicted molar refractivity (Wildman–Crippen MR) is 72.1 cm³/mol. The molecular weight excluding hydrogens is 282 g/mol. The van der Waals surface area contributed by atoms with Gasteiger partial charge in [0, 0.05) is 12.1 Å². The third-order valence-electron chi connectivity index (χ3n) is 3.71. The van der Waals surface area contributed by atoms with Gasteiger partial charge in [0.1, 0.15) is 10.7 Å². The molecule has 0 unspecified atom stereocenters. The molecule has 0 spiro atoms. The number of sulfonamides is 1. The van der Waals surface area contributed by atoms with E-state index in [0.29, 0.717) is 5.92 Å². The number of carboxylic acid groups (broad SMARTS) is 1. The lowest BCUT2D eigenvalue weighted by atomic mass is 9.88. The fraction of sp³-hybridized carbons (Fsp3) is 0.615. The molecule has 0 aliphatic heterocycles. The molecule has 1 aromatic heterocycles. The minimum atomic E-state index is -3.73. The van der Waals surface area contributed by atoms with Crippen LogP contribution in [0.15, 0.2) is 15.4 Å². The topological polar surface area (TPSA) is 96.6 Å². The Hall–Kier alpha value is -1.34. The minimum absolute atomic E-state index is 0.0845. The van der Waals surface area contributed by atoms with E-state index in [9.17, 15) is 13.2 Å². The van der Waals surface area contributed by atoms with E-state index < -0.39 is 16.0 Å². The van der Waals surface area contributed by atoms with E-state index in [1.54, 1.807) is 0 Å². The molecule has 0 atom stereocenters. The normalized spacial score (nSPS) is 23.7. The van der Waals surface area contributed by atoms with Gasteiger partial charge in [-0.25, -0.2) is 17.9 Å². The first-order valence-electron chi connectivity index (χ1n) is 6.65. The Morgan fingerprint density at radius 3 is 2.45 bits per heavy atom. The van der Waals surface area contributed by atoms with Crippen molar-refractivity contribution in [3.63, 3.8) is 0 Å². The maximum absolute atomic E-state index is 12.3.